The van der Waals surface area contributed by atoms with Gasteiger partial charge in [-0.1, -0.05) is 54.4 Å². The van der Waals surface area contributed by atoms with Crippen LogP contribution in [-0.2, 0) is 0 Å². The first-order chi connectivity index (χ1) is 10.5. The lowest BCUT2D eigenvalue weighted by Gasteiger charge is -2.36. The lowest BCUT2D eigenvalue weighted by Crippen LogP contribution is -2.90. The van der Waals surface area contributed by atoms with E-state index < -0.39 is 0 Å². The van der Waals surface area contributed by atoms with Crippen LogP contribution in [0.4, 0.5) is 0 Å². The van der Waals surface area contributed by atoms with Crippen molar-refractivity contribution in [3.05, 3.63) is 69.7 Å². The Bertz CT molecular complexity index is 627. The summed E-state index contributed by atoms with van der Waals surface area (Å²) in [6, 6.07) is 16.3. The van der Waals surface area contributed by atoms with Crippen LogP contribution in [0.2, 0.25) is 10.0 Å². The summed E-state index contributed by atoms with van der Waals surface area (Å²) in [4.78, 5) is 0. The number of piperidine rings is 1. The van der Waals surface area contributed by atoms with Crippen molar-refractivity contribution in [2.24, 2.45) is 5.92 Å². The second kappa shape index (κ2) is 6.59. The first-order valence-corrected chi connectivity index (χ1v) is 8.34. The van der Waals surface area contributed by atoms with Crippen molar-refractivity contribution >= 4 is 23.2 Å². The Balaban J connectivity index is 1.86. The molecular weight excluding hydrogens is 317 g/mol. The fraction of sp³-hybridized carbons (Fsp3) is 0.333. The van der Waals surface area contributed by atoms with Gasteiger partial charge in [0, 0.05) is 33.5 Å². The molecule has 4 heteroatoms. The summed E-state index contributed by atoms with van der Waals surface area (Å²) in [5.41, 5.74) is 2.41. The predicted octanol–water partition coefficient (Wildman–Crippen LogP) is 3.74. The van der Waals surface area contributed by atoms with Crippen LogP contribution in [0.3, 0.4) is 0 Å². The monoisotopic (exact) mass is 336 g/mol. The molecule has 3 rings (SSSR count). The highest BCUT2D eigenvalue weighted by atomic mass is 35.5. The van der Waals surface area contributed by atoms with E-state index in [4.69, 9.17) is 23.2 Å². The van der Waals surface area contributed by atoms with Gasteiger partial charge in [-0.15, -0.1) is 0 Å². The van der Waals surface area contributed by atoms with Crippen LogP contribution < -0.4 is 5.32 Å². The van der Waals surface area contributed by atoms with Crippen LogP contribution in [-0.4, -0.2) is 11.2 Å². The maximum Gasteiger partial charge on any atom is 0.117 e. The average Bonchev–Trinajstić information content (AvgIpc) is 2.52. The minimum absolute atomic E-state index is 0.199. The number of halogens is 2. The van der Waals surface area contributed by atoms with Crippen LogP contribution in [0.15, 0.2) is 48.5 Å². The van der Waals surface area contributed by atoms with E-state index in [1.807, 2.05) is 36.4 Å². The van der Waals surface area contributed by atoms with Gasteiger partial charge >= 0.3 is 0 Å². The second-order valence-corrected chi connectivity index (χ2v) is 6.96. The normalized spacial score (nSPS) is 28.5. The van der Waals surface area contributed by atoms with Crippen LogP contribution in [0.25, 0.3) is 0 Å². The number of quaternary nitrogens is 1. The summed E-state index contributed by atoms with van der Waals surface area (Å²) in [5.74, 6) is 0.199. The zero-order chi connectivity index (χ0) is 15.7. The fourth-order valence-corrected chi connectivity index (χ4v) is 3.53. The number of hydrogen-bond donors (Lipinski definition) is 2. The van der Waals surface area contributed by atoms with E-state index in [0.717, 1.165) is 16.5 Å². The second-order valence-electron chi connectivity index (χ2n) is 6.09. The maximum atomic E-state index is 10.5. The van der Waals surface area contributed by atoms with Crippen molar-refractivity contribution in [2.45, 2.75) is 31.5 Å². The summed E-state index contributed by atoms with van der Waals surface area (Å²) in [6.07, 6.45) is 0.443. The molecule has 1 aliphatic heterocycles. The largest absolute Gasteiger partial charge is 0.392 e. The molecule has 2 aromatic rings. The van der Waals surface area contributed by atoms with Crippen molar-refractivity contribution in [1.29, 1.82) is 0 Å². The first kappa shape index (κ1) is 15.8. The van der Waals surface area contributed by atoms with Gasteiger partial charge in [0.15, 0.2) is 0 Å². The van der Waals surface area contributed by atoms with Gasteiger partial charge in [0.2, 0.25) is 0 Å². The van der Waals surface area contributed by atoms with Gasteiger partial charge < -0.3 is 10.4 Å². The molecule has 0 spiro atoms. The number of nitrogens with two attached hydrogens (primary N) is 1. The Hall–Kier alpha value is -1.06. The SMILES string of the molecule is CC1C(O)CC(c2ccc(Cl)cc2)[NH2+]C1c1ccc(Cl)cc1. The van der Waals surface area contributed by atoms with E-state index in [0.29, 0.717) is 0 Å². The Morgan fingerprint density at radius 3 is 1.95 bits per heavy atom. The molecule has 0 aromatic heterocycles. The standard InChI is InChI=1S/C18H19Cl2NO/c1-11-17(22)10-16(12-2-6-14(19)7-3-12)21-18(11)13-4-8-15(20)9-5-13/h2-9,11,16-18,21-22H,10H2,1H3/p+1. The van der Waals surface area contributed by atoms with Crippen molar-refractivity contribution in [2.75, 3.05) is 0 Å². The number of aliphatic hydroxyl groups is 1. The highest BCUT2D eigenvalue weighted by molar-refractivity contribution is 6.30. The van der Waals surface area contributed by atoms with Gasteiger partial charge in [0.1, 0.15) is 12.1 Å². The van der Waals surface area contributed by atoms with Crippen LogP contribution in [0.1, 0.15) is 36.6 Å². The topological polar surface area (TPSA) is 36.8 Å². The van der Waals surface area contributed by atoms with Gasteiger partial charge in [-0.05, 0) is 24.3 Å². The molecule has 0 amide bonds. The molecule has 1 fully saturated rings. The number of aliphatic hydroxyl groups excluding tert-OH is 1. The Kier molecular flexibility index (Phi) is 4.74. The molecule has 1 saturated heterocycles. The molecule has 116 valence electrons. The predicted molar refractivity (Wildman–Crippen MR) is 90.1 cm³/mol. The Labute approximate surface area is 141 Å². The molecule has 1 heterocycles. The van der Waals surface area contributed by atoms with Crippen LogP contribution in [0, 0.1) is 5.92 Å². The van der Waals surface area contributed by atoms with Crippen molar-refractivity contribution in [1.82, 2.24) is 0 Å². The quantitative estimate of drug-likeness (QED) is 0.861. The molecule has 1 aliphatic rings. The van der Waals surface area contributed by atoms with E-state index in [2.05, 4.69) is 24.4 Å². The summed E-state index contributed by atoms with van der Waals surface area (Å²) < 4.78 is 0. The minimum Gasteiger partial charge on any atom is -0.392 e. The summed E-state index contributed by atoms with van der Waals surface area (Å²) in [6.45, 7) is 2.11. The number of hydrogen-bond acceptors (Lipinski definition) is 1. The van der Waals surface area contributed by atoms with E-state index in [-0.39, 0.29) is 24.1 Å². The van der Waals surface area contributed by atoms with Crippen LogP contribution in [0.5, 0.6) is 0 Å². The van der Waals surface area contributed by atoms with E-state index in [9.17, 15) is 5.11 Å². The highest BCUT2D eigenvalue weighted by Crippen LogP contribution is 2.32. The minimum atomic E-state index is -0.314. The first-order valence-electron chi connectivity index (χ1n) is 7.58. The third-order valence-corrected chi connectivity index (χ3v) is 5.17. The van der Waals surface area contributed by atoms with E-state index >= 15 is 0 Å². The zero-order valence-electron chi connectivity index (χ0n) is 12.4. The molecule has 0 aliphatic carbocycles. The summed E-state index contributed by atoms with van der Waals surface area (Å²) >= 11 is 12.0. The fourth-order valence-electron chi connectivity index (χ4n) is 3.28. The summed E-state index contributed by atoms with van der Waals surface area (Å²) in [5, 5.41) is 14.3. The van der Waals surface area contributed by atoms with Gasteiger partial charge in [-0.3, -0.25) is 0 Å². The van der Waals surface area contributed by atoms with Crippen LogP contribution >= 0.6 is 23.2 Å². The van der Waals surface area contributed by atoms with Crippen molar-refractivity contribution in [3.8, 4) is 0 Å². The van der Waals surface area contributed by atoms with Crippen molar-refractivity contribution < 1.29 is 10.4 Å². The number of benzene rings is 2. The van der Waals surface area contributed by atoms with Gasteiger partial charge in [-0.2, -0.15) is 0 Å². The third-order valence-electron chi connectivity index (χ3n) is 4.66. The molecule has 22 heavy (non-hydrogen) atoms. The maximum absolute atomic E-state index is 10.5. The molecule has 2 nitrogen and oxygen atoms in total. The Morgan fingerprint density at radius 1 is 0.909 bits per heavy atom. The molecule has 2 aromatic carbocycles. The van der Waals surface area contributed by atoms with Gasteiger partial charge in [0.05, 0.1) is 6.10 Å². The molecule has 3 N–H and O–H groups in total. The molecule has 4 unspecified atom stereocenters. The number of rotatable bonds is 2. The molecule has 0 radical (unpaired) electrons. The molecule has 4 atom stereocenters. The highest BCUT2D eigenvalue weighted by Gasteiger charge is 2.38. The van der Waals surface area contributed by atoms with Crippen molar-refractivity contribution in [3.63, 3.8) is 0 Å². The third kappa shape index (κ3) is 3.31. The smallest absolute Gasteiger partial charge is 0.117 e. The Morgan fingerprint density at radius 2 is 1.41 bits per heavy atom. The lowest BCUT2D eigenvalue weighted by molar-refractivity contribution is -0.752. The van der Waals surface area contributed by atoms with E-state index in [1.54, 1.807) is 0 Å². The average molecular weight is 337 g/mol. The molecular formula is C18H20Cl2NO+. The molecule has 0 bridgehead atoms. The lowest BCUT2D eigenvalue weighted by atomic mass is 9.81. The molecule has 0 saturated carbocycles. The van der Waals surface area contributed by atoms with E-state index in [1.165, 1.54) is 11.1 Å². The zero-order valence-corrected chi connectivity index (χ0v) is 13.9. The summed E-state index contributed by atoms with van der Waals surface area (Å²) in [7, 11) is 0. The van der Waals surface area contributed by atoms with Gasteiger partial charge in [0.25, 0.3) is 0 Å². The van der Waals surface area contributed by atoms with Gasteiger partial charge in [-0.25, -0.2) is 0 Å².